The van der Waals surface area contributed by atoms with E-state index >= 15 is 0 Å². The molecule has 2 aliphatic rings. The van der Waals surface area contributed by atoms with Crippen LogP contribution in [-0.2, 0) is 4.79 Å². The Morgan fingerprint density at radius 2 is 1.89 bits per heavy atom. The third-order valence-electron chi connectivity index (χ3n) is 5.89. The molecule has 0 saturated carbocycles. The molecule has 1 amide bonds. The van der Waals surface area contributed by atoms with E-state index in [1.807, 2.05) is 29.2 Å². The van der Waals surface area contributed by atoms with Crippen LogP contribution in [0.2, 0.25) is 5.02 Å². The monoisotopic (exact) mass is 388 g/mol. The molecule has 6 nitrogen and oxygen atoms in total. The fourth-order valence-electron chi connectivity index (χ4n) is 4.56. The Morgan fingerprint density at radius 3 is 2.63 bits per heavy atom. The maximum Gasteiger partial charge on any atom is 0.244 e. The molecule has 27 heavy (non-hydrogen) atoms. The van der Waals surface area contributed by atoms with Gasteiger partial charge in [-0.2, -0.15) is 4.98 Å². The van der Waals surface area contributed by atoms with Crippen LogP contribution >= 0.6 is 11.6 Å². The standard InChI is InChI=1S/C20H25ClN4O2/c1-13(20-22-19(23-27-20)15-7-9-16(21)10-8-15)24-11-3-5-17(24)18-6-4-12-25(18)14(2)26/h7-10,13,17-18H,3-6,11-12H2,1-2H3/t13-,17+,18+/m0/s1. The van der Waals surface area contributed by atoms with Crippen molar-refractivity contribution in [2.24, 2.45) is 0 Å². The predicted molar refractivity (Wildman–Crippen MR) is 103 cm³/mol. The predicted octanol–water partition coefficient (Wildman–Crippen LogP) is 3.93. The van der Waals surface area contributed by atoms with Crippen molar-refractivity contribution in [1.29, 1.82) is 0 Å². The minimum Gasteiger partial charge on any atom is -0.338 e. The van der Waals surface area contributed by atoms with Crippen LogP contribution in [0, 0.1) is 0 Å². The van der Waals surface area contributed by atoms with Crippen molar-refractivity contribution in [1.82, 2.24) is 19.9 Å². The number of hydrogen-bond donors (Lipinski definition) is 0. The van der Waals surface area contributed by atoms with Crippen LogP contribution in [0.1, 0.15) is 51.5 Å². The number of hydrogen-bond acceptors (Lipinski definition) is 5. The lowest BCUT2D eigenvalue weighted by atomic mass is 10.0. The molecule has 4 rings (SSSR count). The van der Waals surface area contributed by atoms with E-state index in [2.05, 4.69) is 22.0 Å². The normalized spacial score (nSPS) is 24.5. The van der Waals surface area contributed by atoms with E-state index in [9.17, 15) is 4.79 Å². The molecular weight excluding hydrogens is 364 g/mol. The number of carbonyl (C=O) groups is 1. The average Bonchev–Trinajstić information content (AvgIpc) is 3.40. The van der Waals surface area contributed by atoms with Crippen molar-refractivity contribution < 1.29 is 9.32 Å². The smallest absolute Gasteiger partial charge is 0.244 e. The molecule has 0 bridgehead atoms. The lowest BCUT2D eigenvalue weighted by Crippen LogP contribution is -2.48. The van der Waals surface area contributed by atoms with E-state index in [-0.39, 0.29) is 11.9 Å². The molecule has 0 unspecified atom stereocenters. The maximum absolute atomic E-state index is 12.0. The Kier molecular flexibility index (Phi) is 5.19. The summed E-state index contributed by atoms with van der Waals surface area (Å²) in [7, 11) is 0. The van der Waals surface area contributed by atoms with Gasteiger partial charge in [-0.05, 0) is 63.4 Å². The van der Waals surface area contributed by atoms with E-state index in [4.69, 9.17) is 16.1 Å². The third kappa shape index (κ3) is 3.60. The highest BCUT2D eigenvalue weighted by atomic mass is 35.5. The van der Waals surface area contributed by atoms with Gasteiger partial charge in [0.15, 0.2) is 0 Å². The molecule has 3 heterocycles. The highest BCUT2D eigenvalue weighted by Crippen LogP contribution is 2.35. The zero-order chi connectivity index (χ0) is 19.0. The van der Waals surface area contributed by atoms with Crippen LogP contribution in [-0.4, -0.2) is 51.0 Å². The van der Waals surface area contributed by atoms with Gasteiger partial charge in [-0.3, -0.25) is 9.69 Å². The highest BCUT2D eigenvalue weighted by Gasteiger charge is 2.41. The lowest BCUT2D eigenvalue weighted by Gasteiger charge is -2.36. The minimum atomic E-state index is 0.0282. The summed E-state index contributed by atoms with van der Waals surface area (Å²) < 4.78 is 5.59. The molecule has 7 heteroatoms. The lowest BCUT2D eigenvalue weighted by molar-refractivity contribution is -0.130. The SMILES string of the molecule is CC(=O)N1CCC[C@@H]1[C@H]1CCCN1[C@@H](C)c1nc(-c2ccc(Cl)cc2)no1. The van der Waals surface area contributed by atoms with Crippen LogP contribution in [0.25, 0.3) is 11.4 Å². The molecular formula is C20H25ClN4O2. The minimum absolute atomic E-state index is 0.0282. The second-order valence-corrected chi connectivity index (χ2v) is 7.94. The van der Waals surface area contributed by atoms with Gasteiger partial charge in [0.1, 0.15) is 0 Å². The summed E-state index contributed by atoms with van der Waals surface area (Å²) in [6.45, 7) is 5.66. The Hall–Kier alpha value is -1.92. The van der Waals surface area contributed by atoms with Crippen molar-refractivity contribution in [2.75, 3.05) is 13.1 Å². The summed E-state index contributed by atoms with van der Waals surface area (Å²) in [6, 6.07) is 8.11. The van der Waals surface area contributed by atoms with Crippen molar-refractivity contribution in [3.8, 4) is 11.4 Å². The largest absolute Gasteiger partial charge is 0.338 e. The Morgan fingerprint density at radius 1 is 1.19 bits per heavy atom. The number of rotatable bonds is 4. The van der Waals surface area contributed by atoms with Crippen LogP contribution in [0.3, 0.4) is 0 Å². The van der Waals surface area contributed by atoms with E-state index in [1.54, 1.807) is 6.92 Å². The van der Waals surface area contributed by atoms with Crippen molar-refractivity contribution >= 4 is 17.5 Å². The molecule has 1 aromatic carbocycles. The van der Waals surface area contributed by atoms with Gasteiger partial charge in [0.2, 0.25) is 17.6 Å². The van der Waals surface area contributed by atoms with Crippen molar-refractivity contribution in [3.05, 3.63) is 35.2 Å². The number of nitrogens with zero attached hydrogens (tertiary/aromatic N) is 4. The Balaban J connectivity index is 1.52. The quantitative estimate of drug-likeness (QED) is 0.794. The van der Waals surface area contributed by atoms with E-state index < -0.39 is 0 Å². The van der Waals surface area contributed by atoms with Gasteiger partial charge >= 0.3 is 0 Å². The zero-order valence-electron chi connectivity index (χ0n) is 15.8. The second kappa shape index (κ2) is 7.60. The summed E-state index contributed by atoms with van der Waals surface area (Å²) >= 11 is 5.95. The van der Waals surface area contributed by atoms with Crippen LogP contribution < -0.4 is 0 Å². The first-order chi connectivity index (χ1) is 13.0. The molecule has 2 fully saturated rings. The van der Waals surface area contributed by atoms with Gasteiger partial charge in [-0.25, -0.2) is 0 Å². The van der Waals surface area contributed by atoms with Gasteiger partial charge in [-0.15, -0.1) is 0 Å². The fourth-order valence-corrected chi connectivity index (χ4v) is 4.68. The number of likely N-dealkylation sites (tertiary alicyclic amines) is 2. The van der Waals surface area contributed by atoms with Gasteiger partial charge in [0.25, 0.3) is 0 Å². The van der Waals surface area contributed by atoms with Crippen LogP contribution in [0.5, 0.6) is 0 Å². The summed E-state index contributed by atoms with van der Waals surface area (Å²) in [5.41, 5.74) is 0.887. The van der Waals surface area contributed by atoms with Gasteiger partial charge in [0.05, 0.1) is 6.04 Å². The molecule has 2 saturated heterocycles. The van der Waals surface area contributed by atoms with E-state index in [0.29, 0.717) is 28.8 Å². The molecule has 1 aromatic heterocycles. The first kappa shape index (κ1) is 18.4. The first-order valence-electron chi connectivity index (χ1n) is 9.67. The fraction of sp³-hybridized carbons (Fsp3) is 0.550. The number of benzene rings is 1. The Labute approximate surface area is 164 Å². The average molecular weight is 389 g/mol. The van der Waals surface area contributed by atoms with Crippen molar-refractivity contribution in [3.63, 3.8) is 0 Å². The van der Waals surface area contributed by atoms with Gasteiger partial charge < -0.3 is 9.42 Å². The molecule has 0 aliphatic carbocycles. The van der Waals surface area contributed by atoms with E-state index in [1.165, 1.54) is 0 Å². The number of carbonyl (C=O) groups excluding carboxylic acids is 1. The summed E-state index contributed by atoms with van der Waals surface area (Å²) in [5, 5.41) is 4.84. The van der Waals surface area contributed by atoms with Crippen molar-refractivity contribution in [2.45, 2.75) is 57.7 Å². The second-order valence-electron chi connectivity index (χ2n) is 7.51. The molecule has 3 atom stereocenters. The number of aromatic nitrogens is 2. The molecule has 0 radical (unpaired) electrons. The van der Waals surface area contributed by atoms with Gasteiger partial charge in [0, 0.05) is 36.1 Å². The van der Waals surface area contributed by atoms with Gasteiger partial charge in [-0.1, -0.05) is 16.8 Å². The molecule has 0 N–H and O–H groups in total. The first-order valence-corrected chi connectivity index (χ1v) is 10.0. The topological polar surface area (TPSA) is 62.5 Å². The molecule has 0 spiro atoms. The summed E-state index contributed by atoms with van der Waals surface area (Å²) in [5.74, 6) is 1.38. The third-order valence-corrected chi connectivity index (χ3v) is 6.14. The molecule has 2 aromatic rings. The summed E-state index contributed by atoms with van der Waals surface area (Å²) in [4.78, 5) is 21.1. The molecule has 2 aliphatic heterocycles. The highest BCUT2D eigenvalue weighted by molar-refractivity contribution is 6.30. The number of halogens is 1. The Bertz CT molecular complexity index is 807. The maximum atomic E-state index is 12.0. The number of amides is 1. The van der Waals surface area contributed by atoms with E-state index in [0.717, 1.165) is 44.3 Å². The molecule has 144 valence electrons. The van der Waals surface area contributed by atoms with Crippen LogP contribution in [0.15, 0.2) is 28.8 Å². The summed E-state index contributed by atoms with van der Waals surface area (Å²) in [6.07, 6.45) is 4.41. The van der Waals surface area contributed by atoms with Crippen LogP contribution in [0.4, 0.5) is 0 Å². The zero-order valence-corrected chi connectivity index (χ0v) is 16.5.